The van der Waals surface area contributed by atoms with E-state index in [9.17, 15) is 4.79 Å². The van der Waals surface area contributed by atoms with Crippen LogP contribution in [0.3, 0.4) is 0 Å². The normalized spacial score (nSPS) is 14.5. The van der Waals surface area contributed by atoms with E-state index in [-0.39, 0.29) is 5.91 Å². The third-order valence-corrected chi connectivity index (χ3v) is 7.61. The summed E-state index contributed by atoms with van der Waals surface area (Å²) in [6.45, 7) is 8.54. The quantitative estimate of drug-likeness (QED) is 0.225. The van der Waals surface area contributed by atoms with Gasteiger partial charge in [0, 0.05) is 17.1 Å². The average Bonchev–Trinajstić information content (AvgIpc) is 3.34. The van der Waals surface area contributed by atoms with Crippen LogP contribution in [0.1, 0.15) is 48.6 Å². The van der Waals surface area contributed by atoms with Gasteiger partial charge in [-0.1, -0.05) is 78.8 Å². The van der Waals surface area contributed by atoms with Gasteiger partial charge in [-0.2, -0.15) is 4.98 Å². The van der Waals surface area contributed by atoms with Crippen LogP contribution in [0.15, 0.2) is 89.2 Å². The largest absolute Gasteiger partial charge is 0.489 e. The smallest absolute Gasteiger partial charge is 0.255 e. The summed E-state index contributed by atoms with van der Waals surface area (Å²) >= 11 is 1.61. The number of allylic oxidation sites excluding steroid dienone is 1. The first-order valence-corrected chi connectivity index (χ1v) is 14.1. The number of aromatic nitrogens is 3. The zero-order valence-corrected chi connectivity index (χ0v) is 23.5. The van der Waals surface area contributed by atoms with Crippen LogP contribution in [0.2, 0.25) is 0 Å². The van der Waals surface area contributed by atoms with Crippen LogP contribution in [0, 0.1) is 13.8 Å². The van der Waals surface area contributed by atoms with E-state index in [1.54, 1.807) is 11.8 Å². The molecule has 0 saturated carbocycles. The number of benzene rings is 3. The highest BCUT2D eigenvalue weighted by Crippen LogP contribution is 2.38. The molecule has 2 heterocycles. The van der Waals surface area contributed by atoms with Gasteiger partial charge in [0.25, 0.3) is 5.91 Å². The molecule has 1 aromatic heterocycles. The number of anilines is 2. The first-order chi connectivity index (χ1) is 18.9. The lowest BCUT2D eigenvalue weighted by Crippen LogP contribution is -2.31. The van der Waals surface area contributed by atoms with E-state index in [0.29, 0.717) is 23.3 Å². The SMILES string of the molecule is CCCSc1nc2n(n1)C(c1cccc(OCc3ccccc3)c1)C(C(=O)Nc1ccc(C)cc1C)=C(C)N2. The lowest BCUT2D eigenvalue weighted by atomic mass is 9.94. The summed E-state index contributed by atoms with van der Waals surface area (Å²) in [5.74, 6) is 2.08. The summed E-state index contributed by atoms with van der Waals surface area (Å²) in [5.41, 5.74) is 6.25. The second kappa shape index (κ2) is 11.8. The maximum atomic E-state index is 13.9. The number of hydrogen-bond acceptors (Lipinski definition) is 6. The van der Waals surface area contributed by atoms with E-state index in [1.165, 1.54) is 0 Å². The number of ether oxygens (including phenoxy) is 1. The lowest BCUT2D eigenvalue weighted by molar-refractivity contribution is -0.113. The highest BCUT2D eigenvalue weighted by molar-refractivity contribution is 7.99. The van der Waals surface area contributed by atoms with Crippen LogP contribution in [-0.2, 0) is 11.4 Å². The topological polar surface area (TPSA) is 81.1 Å². The number of nitrogens with zero attached hydrogens (tertiary/aromatic N) is 3. The molecule has 2 N–H and O–H groups in total. The molecule has 3 aromatic carbocycles. The summed E-state index contributed by atoms with van der Waals surface area (Å²) in [5, 5.41) is 12.0. The summed E-state index contributed by atoms with van der Waals surface area (Å²) in [6, 6.07) is 23.5. The number of hydrogen-bond donors (Lipinski definition) is 2. The van der Waals surface area contributed by atoms with Gasteiger partial charge in [-0.3, -0.25) is 4.79 Å². The molecule has 39 heavy (non-hydrogen) atoms. The van der Waals surface area contributed by atoms with Gasteiger partial charge in [-0.15, -0.1) is 5.10 Å². The Hall–Kier alpha value is -4.04. The maximum Gasteiger partial charge on any atom is 0.255 e. The Morgan fingerprint density at radius 3 is 2.64 bits per heavy atom. The molecule has 0 fully saturated rings. The van der Waals surface area contributed by atoms with Crippen molar-refractivity contribution in [3.8, 4) is 5.75 Å². The molecule has 1 aliphatic heterocycles. The fourth-order valence-electron chi connectivity index (χ4n) is 4.65. The van der Waals surface area contributed by atoms with Crippen LogP contribution >= 0.6 is 11.8 Å². The fraction of sp³-hybridized carbons (Fsp3) is 0.258. The van der Waals surface area contributed by atoms with Gasteiger partial charge in [0.2, 0.25) is 11.1 Å². The molecule has 0 saturated heterocycles. The number of nitrogens with one attached hydrogen (secondary N) is 2. The van der Waals surface area contributed by atoms with E-state index < -0.39 is 6.04 Å². The molecule has 0 spiro atoms. The van der Waals surface area contributed by atoms with Crippen molar-refractivity contribution in [2.45, 2.75) is 51.9 Å². The molecule has 0 bridgehead atoms. The molecule has 7 nitrogen and oxygen atoms in total. The van der Waals surface area contributed by atoms with Gasteiger partial charge in [-0.05, 0) is 62.1 Å². The number of rotatable bonds is 9. The minimum absolute atomic E-state index is 0.184. The van der Waals surface area contributed by atoms with Gasteiger partial charge < -0.3 is 15.4 Å². The third kappa shape index (κ3) is 6.01. The van der Waals surface area contributed by atoms with E-state index >= 15 is 0 Å². The molecular weight excluding hydrogens is 506 g/mol. The predicted octanol–water partition coefficient (Wildman–Crippen LogP) is 6.90. The van der Waals surface area contributed by atoms with Gasteiger partial charge in [-0.25, -0.2) is 4.68 Å². The molecule has 0 aliphatic carbocycles. The Kier molecular flexibility index (Phi) is 8.02. The van der Waals surface area contributed by atoms with Crippen molar-refractivity contribution >= 4 is 29.3 Å². The predicted molar refractivity (Wildman–Crippen MR) is 157 cm³/mol. The number of carbonyl (C=O) groups is 1. The Morgan fingerprint density at radius 1 is 1.05 bits per heavy atom. The average molecular weight is 540 g/mol. The minimum Gasteiger partial charge on any atom is -0.489 e. The minimum atomic E-state index is -0.476. The highest BCUT2D eigenvalue weighted by Gasteiger charge is 2.34. The Balaban J connectivity index is 1.51. The van der Waals surface area contributed by atoms with Crippen LogP contribution in [0.4, 0.5) is 11.6 Å². The van der Waals surface area contributed by atoms with Crippen LogP contribution in [0.25, 0.3) is 0 Å². The third-order valence-electron chi connectivity index (χ3n) is 6.57. The molecule has 1 amide bonds. The standard InChI is InChI=1S/C31H33N5O2S/c1-5-16-39-31-34-30-32-22(4)27(29(37)33-26-15-14-20(2)17-21(26)3)28(36(30)35-31)24-12-9-13-25(18-24)38-19-23-10-7-6-8-11-23/h6-15,17-18,28H,5,16,19H2,1-4H3,(H,33,37)(H,32,34,35). The summed E-state index contributed by atoms with van der Waals surface area (Å²) in [4.78, 5) is 18.6. The van der Waals surface area contributed by atoms with Crippen LogP contribution < -0.4 is 15.4 Å². The van der Waals surface area contributed by atoms with E-state index in [2.05, 4.69) is 23.6 Å². The summed E-state index contributed by atoms with van der Waals surface area (Å²) in [7, 11) is 0. The molecule has 200 valence electrons. The van der Waals surface area contributed by atoms with Crippen molar-refractivity contribution in [2.24, 2.45) is 0 Å². The Labute approximate surface area is 233 Å². The number of aryl methyl sites for hydroxylation is 2. The molecule has 1 atom stereocenters. The summed E-state index contributed by atoms with van der Waals surface area (Å²) < 4.78 is 7.95. The second-order valence-electron chi connectivity index (χ2n) is 9.70. The first kappa shape index (κ1) is 26.6. The van der Waals surface area contributed by atoms with Gasteiger partial charge in [0.1, 0.15) is 18.4 Å². The maximum absolute atomic E-state index is 13.9. The highest BCUT2D eigenvalue weighted by atomic mass is 32.2. The van der Waals surface area contributed by atoms with Crippen LogP contribution in [0.5, 0.6) is 5.75 Å². The van der Waals surface area contributed by atoms with Gasteiger partial charge in [0.15, 0.2) is 0 Å². The number of carbonyl (C=O) groups excluding carboxylic acids is 1. The van der Waals surface area contributed by atoms with Crippen molar-refractivity contribution in [1.29, 1.82) is 0 Å². The lowest BCUT2D eigenvalue weighted by Gasteiger charge is -2.29. The Morgan fingerprint density at radius 2 is 1.87 bits per heavy atom. The van der Waals surface area contributed by atoms with Crippen molar-refractivity contribution in [2.75, 3.05) is 16.4 Å². The summed E-state index contributed by atoms with van der Waals surface area (Å²) in [6.07, 6.45) is 1.02. The molecule has 0 radical (unpaired) electrons. The number of thioether (sulfide) groups is 1. The second-order valence-corrected chi connectivity index (χ2v) is 10.8. The van der Waals surface area contributed by atoms with Crippen molar-refractivity contribution in [1.82, 2.24) is 14.8 Å². The molecule has 1 aliphatic rings. The van der Waals surface area contributed by atoms with Crippen LogP contribution in [-0.4, -0.2) is 26.4 Å². The fourth-order valence-corrected chi connectivity index (χ4v) is 5.33. The molecule has 8 heteroatoms. The van der Waals surface area contributed by atoms with E-state index in [0.717, 1.165) is 51.6 Å². The molecular formula is C31H33N5O2S. The van der Waals surface area contributed by atoms with Crippen molar-refractivity contribution < 1.29 is 9.53 Å². The van der Waals surface area contributed by atoms with E-state index in [1.807, 2.05) is 92.2 Å². The van der Waals surface area contributed by atoms with Crippen molar-refractivity contribution in [3.63, 3.8) is 0 Å². The molecule has 5 rings (SSSR count). The monoisotopic (exact) mass is 539 g/mol. The Bertz CT molecular complexity index is 1510. The first-order valence-electron chi connectivity index (χ1n) is 13.2. The van der Waals surface area contributed by atoms with E-state index in [4.69, 9.17) is 14.8 Å². The van der Waals surface area contributed by atoms with Gasteiger partial charge >= 0.3 is 0 Å². The molecule has 4 aromatic rings. The number of amides is 1. The van der Waals surface area contributed by atoms with Crippen molar-refractivity contribution in [3.05, 3.63) is 106 Å². The molecule has 1 unspecified atom stereocenters. The zero-order valence-electron chi connectivity index (χ0n) is 22.7. The van der Waals surface area contributed by atoms with Gasteiger partial charge in [0.05, 0.1) is 5.57 Å². The zero-order chi connectivity index (χ0) is 27.4. The number of fused-ring (bicyclic) bond motifs is 1.